The first-order valence-corrected chi connectivity index (χ1v) is 10.6. The van der Waals surface area contributed by atoms with Gasteiger partial charge in [0.05, 0.1) is 24.6 Å². The molecule has 6 heteroatoms. The number of ether oxygens (including phenoxy) is 2. The van der Waals surface area contributed by atoms with Gasteiger partial charge in [-0.25, -0.2) is 9.97 Å². The summed E-state index contributed by atoms with van der Waals surface area (Å²) in [6.07, 6.45) is 1.58. The van der Waals surface area contributed by atoms with E-state index in [1.165, 1.54) is 0 Å². The van der Waals surface area contributed by atoms with Crippen molar-refractivity contribution in [3.8, 4) is 22.9 Å². The molecule has 0 amide bonds. The van der Waals surface area contributed by atoms with E-state index in [0.29, 0.717) is 25.0 Å². The van der Waals surface area contributed by atoms with Crippen LogP contribution >= 0.6 is 0 Å². The van der Waals surface area contributed by atoms with Gasteiger partial charge in [0.1, 0.15) is 11.5 Å². The molecule has 0 aliphatic heterocycles. The van der Waals surface area contributed by atoms with Gasteiger partial charge >= 0.3 is 0 Å². The van der Waals surface area contributed by atoms with Gasteiger partial charge in [-0.05, 0) is 38.1 Å². The van der Waals surface area contributed by atoms with E-state index in [-0.39, 0.29) is 0 Å². The molecular formula is C26H30N2O4. The Bertz CT molecular complexity index is 984. The van der Waals surface area contributed by atoms with Crippen LogP contribution in [0.15, 0.2) is 69.5 Å². The zero-order chi connectivity index (χ0) is 22.8. The van der Waals surface area contributed by atoms with E-state index >= 15 is 0 Å². The third-order valence-corrected chi connectivity index (χ3v) is 4.91. The smallest absolute Gasteiger partial charge is 0.226 e. The van der Waals surface area contributed by atoms with Crippen LogP contribution in [0.5, 0.6) is 0 Å². The van der Waals surface area contributed by atoms with E-state index in [1.54, 1.807) is 14.2 Å². The molecule has 0 spiro atoms. The molecule has 0 saturated heterocycles. The summed E-state index contributed by atoms with van der Waals surface area (Å²) in [7, 11) is 3.38. The molecule has 32 heavy (non-hydrogen) atoms. The predicted molar refractivity (Wildman–Crippen MR) is 125 cm³/mol. The van der Waals surface area contributed by atoms with Crippen LogP contribution in [-0.2, 0) is 22.3 Å². The molecule has 0 aliphatic carbocycles. The molecule has 4 rings (SSSR count). The summed E-state index contributed by atoms with van der Waals surface area (Å²) in [6, 6.07) is 19.8. The molecule has 4 aromatic rings. The summed E-state index contributed by atoms with van der Waals surface area (Å²) >= 11 is 0. The average Bonchev–Trinajstić information content (AvgIpc) is 3.40. The van der Waals surface area contributed by atoms with E-state index < -0.39 is 0 Å². The highest BCUT2D eigenvalue weighted by molar-refractivity contribution is 5.54. The fraction of sp³-hybridized carbons (Fsp3) is 0.308. The molecule has 0 radical (unpaired) electrons. The summed E-state index contributed by atoms with van der Waals surface area (Å²) in [6.45, 7) is 5.21. The molecule has 168 valence electrons. The number of aryl methyl sites for hydroxylation is 2. The van der Waals surface area contributed by atoms with Crippen molar-refractivity contribution in [1.29, 1.82) is 0 Å². The fourth-order valence-electron chi connectivity index (χ4n) is 3.13. The van der Waals surface area contributed by atoms with Gasteiger partial charge in [-0.3, -0.25) is 0 Å². The molecule has 2 heterocycles. The second-order valence-electron chi connectivity index (χ2n) is 7.26. The van der Waals surface area contributed by atoms with E-state index in [1.807, 2.05) is 74.5 Å². The van der Waals surface area contributed by atoms with Crippen molar-refractivity contribution in [2.75, 3.05) is 27.4 Å². The van der Waals surface area contributed by atoms with Gasteiger partial charge in [0.15, 0.2) is 0 Å². The maximum absolute atomic E-state index is 5.63. The van der Waals surface area contributed by atoms with Crippen LogP contribution in [0.4, 0.5) is 0 Å². The average molecular weight is 435 g/mol. The minimum absolute atomic E-state index is 0.668. The van der Waals surface area contributed by atoms with Crippen LogP contribution in [0, 0.1) is 13.8 Å². The summed E-state index contributed by atoms with van der Waals surface area (Å²) in [5.41, 5.74) is 3.96. The lowest BCUT2D eigenvalue weighted by Gasteiger charge is -1.94. The highest BCUT2D eigenvalue weighted by atomic mass is 16.5. The van der Waals surface area contributed by atoms with Crippen molar-refractivity contribution in [2.24, 2.45) is 0 Å². The Kier molecular flexibility index (Phi) is 8.78. The van der Waals surface area contributed by atoms with Gasteiger partial charge in [-0.15, -0.1) is 0 Å². The molecule has 0 fully saturated rings. The largest absolute Gasteiger partial charge is 0.441 e. The third kappa shape index (κ3) is 6.39. The number of nitrogens with zero attached hydrogens (tertiary/aromatic N) is 2. The first kappa shape index (κ1) is 23.4. The Balaban J connectivity index is 0.000000181. The van der Waals surface area contributed by atoms with E-state index in [2.05, 4.69) is 9.97 Å². The normalized spacial score (nSPS) is 10.6. The van der Waals surface area contributed by atoms with Crippen molar-refractivity contribution < 1.29 is 18.3 Å². The summed E-state index contributed by atoms with van der Waals surface area (Å²) in [4.78, 5) is 8.94. The molecule has 6 nitrogen and oxygen atoms in total. The van der Waals surface area contributed by atoms with Gasteiger partial charge in [0, 0.05) is 38.2 Å². The van der Waals surface area contributed by atoms with Gasteiger partial charge in [0.25, 0.3) is 0 Å². The van der Waals surface area contributed by atoms with Crippen molar-refractivity contribution in [2.45, 2.75) is 26.7 Å². The van der Waals surface area contributed by atoms with Gasteiger partial charge < -0.3 is 18.3 Å². The van der Waals surface area contributed by atoms with Crippen molar-refractivity contribution >= 4 is 0 Å². The predicted octanol–water partition coefficient (Wildman–Crippen LogP) is 5.68. The zero-order valence-corrected chi connectivity index (χ0v) is 19.1. The molecule has 0 unspecified atom stereocenters. The van der Waals surface area contributed by atoms with E-state index in [0.717, 1.165) is 46.9 Å². The Morgan fingerprint density at radius 1 is 0.625 bits per heavy atom. The maximum Gasteiger partial charge on any atom is 0.226 e. The van der Waals surface area contributed by atoms with E-state index in [4.69, 9.17) is 18.3 Å². The maximum atomic E-state index is 5.63. The summed E-state index contributed by atoms with van der Waals surface area (Å²) in [5.74, 6) is 3.11. The Labute approximate surface area is 189 Å². The second-order valence-corrected chi connectivity index (χ2v) is 7.26. The summed E-state index contributed by atoms with van der Waals surface area (Å²) in [5, 5.41) is 0. The topological polar surface area (TPSA) is 70.5 Å². The molecular weight excluding hydrogens is 404 g/mol. The van der Waals surface area contributed by atoms with Crippen LogP contribution in [0.1, 0.15) is 22.9 Å². The molecule has 0 bridgehead atoms. The minimum atomic E-state index is 0.668. The van der Waals surface area contributed by atoms with Crippen LogP contribution in [-0.4, -0.2) is 37.4 Å². The van der Waals surface area contributed by atoms with Crippen molar-refractivity contribution in [3.05, 3.63) is 83.6 Å². The number of benzene rings is 2. The van der Waals surface area contributed by atoms with E-state index in [9.17, 15) is 0 Å². The van der Waals surface area contributed by atoms with Crippen LogP contribution < -0.4 is 0 Å². The number of methoxy groups -OCH3 is 2. The number of aromatic nitrogens is 2. The lowest BCUT2D eigenvalue weighted by Crippen LogP contribution is -1.96. The number of hydrogen-bond acceptors (Lipinski definition) is 6. The Morgan fingerprint density at radius 2 is 1.00 bits per heavy atom. The Hall–Kier alpha value is -3.22. The van der Waals surface area contributed by atoms with Gasteiger partial charge in [0.2, 0.25) is 11.8 Å². The molecule has 2 aromatic carbocycles. The fourth-order valence-corrected chi connectivity index (χ4v) is 3.13. The van der Waals surface area contributed by atoms with Gasteiger partial charge in [-0.2, -0.15) is 0 Å². The molecule has 0 aliphatic rings. The summed E-state index contributed by atoms with van der Waals surface area (Å²) < 4.78 is 21.3. The number of rotatable bonds is 8. The number of oxazole rings is 2. The molecule has 0 saturated carbocycles. The minimum Gasteiger partial charge on any atom is -0.441 e. The highest BCUT2D eigenvalue weighted by Gasteiger charge is 2.11. The second kappa shape index (κ2) is 12.0. The monoisotopic (exact) mass is 434 g/mol. The first-order chi connectivity index (χ1) is 15.6. The van der Waals surface area contributed by atoms with Crippen LogP contribution in [0.25, 0.3) is 22.9 Å². The molecule has 0 N–H and O–H groups in total. The highest BCUT2D eigenvalue weighted by Crippen LogP contribution is 2.22. The van der Waals surface area contributed by atoms with Gasteiger partial charge in [-0.1, -0.05) is 36.4 Å². The third-order valence-electron chi connectivity index (χ3n) is 4.91. The lowest BCUT2D eigenvalue weighted by atomic mass is 10.2. The van der Waals surface area contributed by atoms with Crippen molar-refractivity contribution in [3.63, 3.8) is 0 Å². The SMILES string of the molecule is COCCc1nc(-c2ccccc2)oc1C.COCCc1nc(-c2ccccc2)oc1C. The van der Waals surface area contributed by atoms with Crippen LogP contribution in [0.3, 0.4) is 0 Å². The zero-order valence-electron chi connectivity index (χ0n) is 19.1. The van der Waals surface area contributed by atoms with Crippen LogP contribution in [0.2, 0.25) is 0 Å². The Morgan fingerprint density at radius 3 is 1.34 bits per heavy atom. The quantitative estimate of drug-likeness (QED) is 0.355. The molecule has 0 atom stereocenters. The lowest BCUT2D eigenvalue weighted by molar-refractivity contribution is 0.201. The van der Waals surface area contributed by atoms with Crippen molar-refractivity contribution in [1.82, 2.24) is 9.97 Å². The molecule has 2 aromatic heterocycles. The standard InChI is InChI=1S/2C13H15NO2/c2*1-10-12(8-9-15-2)14-13(16-10)11-6-4-3-5-7-11/h2*3-7H,8-9H2,1-2H3. The first-order valence-electron chi connectivity index (χ1n) is 10.6. The number of hydrogen-bond donors (Lipinski definition) is 0.